The lowest BCUT2D eigenvalue weighted by Gasteiger charge is -2.13. The first-order valence-electron chi connectivity index (χ1n) is 5.96. The van der Waals surface area contributed by atoms with Gasteiger partial charge in [0.05, 0.1) is 16.1 Å². The molecule has 2 aromatic carbocycles. The fraction of sp³-hybridized carbons (Fsp3) is 0.0769. The summed E-state index contributed by atoms with van der Waals surface area (Å²) in [6, 6.07) is 3.88. The van der Waals surface area contributed by atoms with Crippen LogP contribution < -0.4 is 4.72 Å². The van der Waals surface area contributed by atoms with Gasteiger partial charge in [-0.05, 0) is 30.3 Å². The summed E-state index contributed by atoms with van der Waals surface area (Å²) in [6.07, 6.45) is -5.12. The number of hydrogen-bond donors (Lipinski definition) is 1. The highest BCUT2D eigenvalue weighted by Gasteiger charge is 2.36. The lowest BCUT2D eigenvalue weighted by molar-refractivity contribution is -0.140. The Morgan fingerprint density at radius 3 is 1.96 bits per heavy atom. The van der Waals surface area contributed by atoms with E-state index in [0.29, 0.717) is 6.07 Å². The van der Waals surface area contributed by atoms with Crippen LogP contribution in [0.5, 0.6) is 0 Å². The molecule has 0 aromatic heterocycles. The summed E-state index contributed by atoms with van der Waals surface area (Å²) in [5.41, 5.74) is -2.84. The van der Waals surface area contributed by atoms with Gasteiger partial charge in [0, 0.05) is 10.0 Å². The smallest absolute Gasteiger partial charge is 0.277 e. The Balaban J connectivity index is 2.46. The largest absolute Gasteiger partial charge is 0.419 e. The predicted octanol–water partition coefficient (Wildman–Crippen LogP) is 5.09. The Bertz CT molecular complexity index is 880. The number of nitrogens with one attached hydrogen (secondary N) is 1. The van der Waals surface area contributed by atoms with Gasteiger partial charge in [0.1, 0.15) is 0 Å². The number of hydrogen-bond acceptors (Lipinski definition) is 2. The molecule has 2 aromatic rings. The average Bonchev–Trinajstić information content (AvgIpc) is 2.41. The molecule has 1 N–H and O–H groups in total. The summed E-state index contributed by atoms with van der Waals surface area (Å²) < 4.78 is 90.5. The second kappa shape index (κ2) is 6.38. The second-order valence-corrected chi connectivity index (χ2v) is 7.05. The first-order valence-corrected chi connectivity index (χ1v) is 8.20. The lowest BCUT2D eigenvalue weighted by atomic mass is 10.2. The monoisotopic (exact) mass is 405 g/mol. The molecule has 0 heterocycles. The van der Waals surface area contributed by atoms with Crippen LogP contribution in [0.2, 0.25) is 10.0 Å². The van der Waals surface area contributed by atoms with E-state index >= 15 is 0 Å². The van der Waals surface area contributed by atoms with E-state index in [9.17, 15) is 30.4 Å². The normalized spacial score (nSPS) is 12.3. The Labute approximate surface area is 143 Å². The molecular formula is C13H6Cl2F5NO2S. The summed E-state index contributed by atoms with van der Waals surface area (Å²) in [5.74, 6) is -4.20. The molecule has 0 saturated heterocycles. The number of alkyl halides is 3. The molecule has 2 rings (SSSR count). The summed E-state index contributed by atoms with van der Waals surface area (Å²) >= 11 is 11.3. The molecule has 0 unspecified atom stereocenters. The third kappa shape index (κ3) is 3.90. The molecule has 0 bridgehead atoms. The van der Waals surface area contributed by atoms with Crippen LogP contribution in [0, 0.1) is 11.6 Å². The van der Waals surface area contributed by atoms with Gasteiger partial charge in [-0.1, -0.05) is 23.2 Å². The van der Waals surface area contributed by atoms with Gasteiger partial charge < -0.3 is 0 Å². The number of anilines is 1. The SMILES string of the molecule is O=S(=O)(Nc1ccc(C(F)(F)F)c(F)c1F)c1cc(Cl)cc(Cl)c1. The molecule has 0 radical (unpaired) electrons. The van der Waals surface area contributed by atoms with Crippen LogP contribution in [0.15, 0.2) is 35.2 Å². The van der Waals surface area contributed by atoms with Crippen LogP contribution in [0.1, 0.15) is 5.56 Å². The molecule has 130 valence electrons. The minimum Gasteiger partial charge on any atom is -0.277 e. The van der Waals surface area contributed by atoms with Crippen molar-refractivity contribution in [1.29, 1.82) is 0 Å². The van der Waals surface area contributed by atoms with Crippen molar-refractivity contribution in [3.8, 4) is 0 Å². The van der Waals surface area contributed by atoms with Gasteiger partial charge in [0.2, 0.25) is 0 Å². The topological polar surface area (TPSA) is 46.2 Å². The summed E-state index contributed by atoms with van der Waals surface area (Å²) in [4.78, 5) is -0.472. The Morgan fingerprint density at radius 1 is 0.917 bits per heavy atom. The third-order valence-electron chi connectivity index (χ3n) is 2.78. The summed E-state index contributed by atoms with van der Waals surface area (Å²) in [5, 5.41) is -0.0797. The quantitative estimate of drug-likeness (QED) is 0.722. The van der Waals surface area contributed by atoms with Crippen molar-refractivity contribution >= 4 is 38.9 Å². The van der Waals surface area contributed by atoms with Crippen molar-refractivity contribution in [2.24, 2.45) is 0 Å². The molecule has 0 aliphatic rings. The van der Waals surface area contributed by atoms with Crippen LogP contribution in [-0.4, -0.2) is 8.42 Å². The van der Waals surface area contributed by atoms with Crippen molar-refractivity contribution in [1.82, 2.24) is 0 Å². The standard InChI is InChI=1S/C13H6Cl2F5NO2S/c14-6-3-7(15)5-8(4-6)24(22,23)21-10-2-1-9(13(18,19)20)11(16)12(10)17/h1-5,21H. The predicted molar refractivity (Wildman–Crippen MR) is 78.6 cm³/mol. The Hall–Kier alpha value is -1.58. The highest BCUT2D eigenvalue weighted by Crippen LogP contribution is 2.35. The molecule has 3 nitrogen and oxygen atoms in total. The zero-order valence-electron chi connectivity index (χ0n) is 11.3. The van der Waals surface area contributed by atoms with E-state index in [1.807, 2.05) is 0 Å². The molecule has 0 aliphatic heterocycles. The van der Waals surface area contributed by atoms with Crippen molar-refractivity contribution < 1.29 is 30.4 Å². The maximum Gasteiger partial charge on any atom is 0.419 e. The van der Waals surface area contributed by atoms with E-state index < -0.39 is 44.0 Å². The zero-order valence-corrected chi connectivity index (χ0v) is 13.6. The zero-order chi connectivity index (χ0) is 18.3. The van der Waals surface area contributed by atoms with Crippen molar-refractivity contribution in [2.75, 3.05) is 4.72 Å². The Kier molecular flexibility index (Phi) is 4.98. The second-order valence-electron chi connectivity index (χ2n) is 4.50. The van der Waals surface area contributed by atoms with E-state index in [1.165, 1.54) is 6.07 Å². The van der Waals surface area contributed by atoms with Gasteiger partial charge in [-0.2, -0.15) is 13.2 Å². The molecule has 0 atom stereocenters. The molecule has 0 spiro atoms. The van der Waals surface area contributed by atoms with Gasteiger partial charge in [-0.25, -0.2) is 17.2 Å². The maximum atomic E-state index is 13.7. The molecule has 11 heteroatoms. The molecular weight excluding hydrogens is 400 g/mol. The van der Waals surface area contributed by atoms with Crippen LogP contribution >= 0.6 is 23.2 Å². The minimum absolute atomic E-state index is 0.0399. The lowest BCUT2D eigenvalue weighted by Crippen LogP contribution is -2.16. The van der Waals surface area contributed by atoms with Crippen LogP contribution in [0.25, 0.3) is 0 Å². The fourth-order valence-electron chi connectivity index (χ4n) is 1.73. The van der Waals surface area contributed by atoms with E-state index in [4.69, 9.17) is 23.2 Å². The molecule has 0 saturated carbocycles. The van der Waals surface area contributed by atoms with Crippen molar-refractivity contribution in [3.63, 3.8) is 0 Å². The number of rotatable bonds is 3. The Morgan fingerprint density at radius 2 is 1.46 bits per heavy atom. The minimum atomic E-state index is -5.12. The molecule has 0 aliphatic carbocycles. The van der Waals surface area contributed by atoms with Crippen molar-refractivity contribution in [2.45, 2.75) is 11.1 Å². The third-order valence-corrected chi connectivity index (χ3v) is 4.56. The van der Waals surface area contributed by atoms with E-state index in [2.05, 4.69) is 0 Å². The van der Waals surface area contributed by atoms with E-state index in [0.717, 1.165) is 12.1 Å². The maximum absolute atomic E-state index is 13.7. The van der Waals surface area contributed by atoms with Gasteiger partial charge in [-0.3, -0.25) is 4.72 Å². The highest BCUT2D eigenvalue weighted by atomic mass is 35.5. The van der Waals surface area contributed by atoms with Crippen molar-refractivity contribution in [3.05, 3.63) is 57.6 Å². The van der Waals surface area contributed by atoms with Gasteiger partial charge >= 0.3 is 6.18 Å². The van der Waals surface area contributed by atoms with Crippen LogP contribution in [-0.2, 0) is 16.2 Å². The molecule has 0 fully saturated rings. The number of halogens is 7. The van der Waals surface area contributed by atoms with Gasteiger partial charge in [-0.15, -0.1) is 0 Å². The van der Waals surface area contributed by atoms with Crippen LogP contribution in [0.4, 0.5) is 27.6 Å². The first-order chi connectivity index (χ1) is 10.9. The first kappa shape index (κ1) is 18.8. The van der Waals surface area contributed by atoms with Crippen LogP contribution in [0.3, 0.4) is 0 Å². The molecule has 24 heavy (non-hydrogen) atoms. The summed E-state index contributed by atoms with van der Waals surface area (Å²) in [6.45, 7) is 0. The summed E-state index contributed by atoms with van der Waals surface area (Å²) in [7, 11) is -4.45. The highest BCUT2D eigenvalue weighted by molar-refractivity contribution is 7.92. The van der Waals surface area contributed by atoms with Gasteiger partial charge in [0.25, 0.3) is 10.0 Å². The van der Waals surface area contributed by atoms with Gasteiger partial charge in [0.15, 0.2) is 11.6 Å². The van der Waals surface area contributed by atoms with E-state index in [1.54, 1.807) is 4.72 Å². The fourth-order valence-corrected chi connectivity index (χ4v) is 3.52. The number of sulfonamides is 1. The van der Waals surface area contributed by atoms with E-state index in [-0.39, 0.29) is 16.1 Å². The number of benzene rings is 2. The molecule has 0 amide bonds. The average molecular weight is 406 g/mol.